The van der Waals surface area contributed by atoms with Crippen LogP contribution in [0.3, 0.4) is 0 Å². The molecule has 2 fully saturated rings. The molecule has 0 saturated heterocycles. The van der Waals surface area contributed by atoms with Crippen molar-refractivity contribution in [3.8, 4) is 0 Å². The van der Waals surface area contributed by atoms with E-state index in [0.29, 0.717) is 42.2 Å². The molecule has 2 aliphatic carbocycles. The quantitative estimate of drug-likeness (QED) is 0.174. The number of rotatable bonds is 13. The molecule has 8 nitrogen and oxygen atoms in total. The molecule has 5 N–H and O–H groups in total. The van der Waals surface area contributed by atoms with Crippen molar-refractivity contribution >= 4 is 17.7 Å². The fourth-order valence-electron chi connectivity index (χ4n) is 4.99. The average molecular weight is 506 g/mol. The summed E-state index contributed by atoms with van der Waals surface area (Å²) in [4.78, 5) is 25.0. The highest BCUT2D eigenvalue weighted by Crippen LogP contribution is 2.45. The molecule has 8 heteroatoms. The van der Waals surface area contributed by atoms with E-state index in [0.717, 1.165) is 11.8 Å². The van der Waals surface area contributed by atoms with Crippen molar-refractivity contribution in [2.45, 2.75) is 85.6 Å². The van der Waals surface area contributed by atoms with Crippen molar-refractivity contribution in [3.63, 3.8) is 0 Å². The zero-order valence-electron chi connectivity index (χ0n) is 23.4. The van der Waals surface area contributed by atoms with Gasteiger partial charge in [0.05, 0.1) is 19.3 Å². The molecule has 0 aromatic heterocycles. The second-order valence-electron chi connectivity index (χ2n) is 11.7. The van der Waals surface area contributed by atoms with E-state index in [-0.39, 0.29) is 11.8 Å². The van der Waals surface area contributed by atoms with Crippen molar-refractivity contribution in [3.05, 3.63) is 23.7 Å². The van der Waals surface area contributed by atoms with E-state index in [4.69, 9.17) is 10.1 Å². The molecule has 0 radical (unpaired) electrons. The zero-order valence-corrected chi connectivity index (χ0v) is 23.4. The maximum Gasteiger partial charge on any atom is 0.407 e. The Morgan fingerprint density at radius 3 is 2.39 bits per heavy atom. The summed E-state index contributed by atoms with van der Waals surface area (Å²) < 4.78 is 10.7. The molecule has 0 aliphatic heterocycles. The van der Waals surface area contributed by atoms with E-state index in [2.05, 4.69) is 27.6 Å². The minimum absolute atomic E-state index is 0.226. The Kier molecular flexibility index (Phi) is 11.3. The molecule has 0 spiro atoms. The number of carbonyl (C=O) groups is 2. The molecule has 36 heavy (non-hydrogen) atoms. The van der Waals surface area contributed by atoms with E-state index in [1.165, 1.54) is 45.6 Å². The Morgan fingerprint density at radius 2 is 1.83 bits per heavy atom. The standard InChI is InChI=1S/C28H48N4O4/c1-18(2)17-36-26(30-14-13-28(5,6)32-27(34)35-7)24(20(4)29)25(33)31-16-23(21-11-12-21)22-10-8-9-19(3)15-22/h13-14,18-19,21-23,29-30H,8-12,15-17H2,1-7H3,(H,31,33)(H,32,34)/p+1/b14-13+,26-24-,29-20?. The molecule has 204 valence electrons. The van der Waals surface area contributed by atoms with Gasteiger partial charge in [0, 0.05) is 19.7 Å². The van der Waals surface area contributed by atoms with Crippen LogP contribution in [0.15, 0.2) is 23.7 Å². The summed E-state index contributed by atoms with van der Waals surface area (Å²) >= 11 is 0. The first kappa shape index (κ1) is 29.7. The Hall–Kier alpha value is -2.51. The summed E-state index contributed by atoms with van der Waals surface area (Å²) in [5.74, 6) is 3.03. The lowest BCUT2D eigenvalue weighted by Gasteiger charge is -2.33. The number of ether oxygens (including phenoxy) is 2. The second kappa shape index (κ2) is 13.7. The van der Waals surface area contributed by atoms with Gasteiger partial charge in [-0.05, 0) is 68.8 Å². The van der Waals surface area contributed by atoms with Gasteiger partial charge in [-0.3, -0.25) is 10.2 Å². The fourth-order valence-corrected chi connectivity index (χ4v) is 4.99. The van der Waals surface area contributed by atoms with E-state index < -0.39 is 11.6 Å². The van der Waals surface area contributed by atoms with Gasteiger partial charge < -0.3 is 25.4 Å². The van der Waals surface area contributed by atoms with E-state index in [1.54, 1.807) is 19.2 Å². The summed E-state index contributed by atoms with van der Waals surface area (Å²) in [6.45, 7) is 12.9. The largest absolute Gasteiger partial charge is 0.478 e. The van der Waals surface area contributed by atoms with Gasteiger partial charge in [-0.1, -0.05) is 40.0 Å². The van der Waals surface area contributed by atoms with Crippen LogP contribution in [-0.2, 0) is 14.3 Å². The molecule has 0 heterocycles. The molecule has 2 amide bonds. The third-order valence-corrected chi connectivity index (χ3v) is 7.04. The molecular formula is C28H49N4O4+. The predicted octanol–water partition coefficient (Wildman–Crippen LogP) is 3.30. The van der Waals surface area contributed by atoms with Crippen molar-refractivity contribution < 1.29 is 24.5 Å². The number of nitrogens with two attached hydrogens (primary N) is 1. The Bertz CT molecular complexity index is 829. The molecule has 2 rings (SSSR count). The number of alkyl carbamates (subject to hydrolysis) is 1. The summed E-state index contributed by atoms with van der Waals surface area (Å²) in [6.07, 6.45) is 10.5. The molecule has 3 unspecified atom stereocenters. The maximum absolute atomic E-state index is 13.4. The normalized spacial score (nSPS) is 22.0. The maximum atomic E-state index is 13.4. The van der Waals surface area contributed by atoms with Gasteiger partial charge in [0.25, 0.3) is 5.91 Å². The Morgan fingerprint density at radius 1 is 1.14 bits per heavy atom. The fraction of sp³-hybridized carbons (Fsp3) is 0.750. The van der Waals surface area contributed by atoms with E-state index in [9.17, 15) is 9.59 Å². The van der Waals surface area contributed by atoms with E-state index in [1.807, 2.05) is 27.7 Å². The number of hydrogen-bond donors (Lipinski definition) is 4. The van der Waals surface area contributed by atoms with Crippen molar-refractivity contribution in [1.82, 2.24) is 16.0 Å². The summed E-state index contributed by atoms with van der Waals surface area (Å²) in [7, 11) is 1.32. The lowest BCUT2D eigenvalue weighted by atomic mass is 9.74. The third kappa shape index (κ3) is 9.86. The van der Waals surface area contributed by atoms with Crippen LogP contribution in [0, 0.1) is 29.6 Å². The summed E-state index contributed by atoms with van der Waals surface area (Å²) in [5.41, 5.74) is 0.0147. The second-order valence-corrected chi connectivity index (χ2v) is 11.7. The number of carbonyl (C=O) groups excluding carboxylic acids is 2. The van der Waals surface area contributed by atoms with E-state index >= 15 is 0 Å². The first-order chi connectivity index (χ1) is 16.9. The van der Waals surface area contributed by atoms with Crippen LogP contribution in [0.1, 0.15) is 80.1 Å². The van der Waals surface area contributed by atoms with Crippen LogP contribution in [-0.4, -0.2) is 43.5 Å². The van der Waals surface area contributed by atoms with Crippen LogP contribution < -0.4 is 21.4 Å². The first-order valence-corrected chi connectivity index (χ1v) is 13.5. The lowest BCUT2D eigenvalue weighted by molar-refractivity contribution is -0.122. The highest BCUT2D eigenvalue weighted by atomic mass is 16.5. The van der Waals surface area contributed by atoms with Crippen LogP contribution in [0.2, 0.25) is 0 Å². The van der Waals surface area contributed by atoms with Crippen molar-refractivity contribution in [1.29, 1.82) is 0 Å². The van der Waals surface area contributed by atoms with Crippen molar-refractivity contribution in [2.75, 3.05) is 20.3 Å². The highest BCUT2D eigenvalue weighted by Gasteiger charge is 2.38. The molecule has 0 aromatic rings. The monoisotopic (exact) mass is 505 g/mol. The Balaban J connectivity index is 2.17. The zero-order chi connectivity index (χ0) is 26.9. The Labute approximate surface area is 217 Å². The van der Waals surface area contributed by atoms with Gasteiger partial charge >= 0.3 is 6.09 Å². The topological polar surface area (TPSA) is 114 Å². The summed E-state index contributed by atoms with van der Waals surface area (Å²) in [6, 6.07) is 0. The van der Waals surface area contributed by atoms with Crippen molar-refractivity contribution in [2.24, 2.45) is 29.6 Å². The first-order valence-electron chi connectivity index (χ1n) is 13.5. The number of amides is 2. The minimum Gasteiger partial charge on any atom is -0.478 e. The molecule has 2 aliphatic rings. The molecule has 0 aromatic carbocycles. The van der Waals surface area contributed by atoms with Gasteiger partial charge in [0.1, 0.15) is 0 Å². The van der Waals surface area contributed by atoms with Crippen LogP contribution in [0.4, 0.5) is 4.79 Å². The SMILES string of the molecule is COC(=O)NC(C)(C)/C=C/N/C(OCC(C)C)=C(\C(C)=[NH2+])C(=O)NCC(C1CC1)C1CCCC(C)C1. The molecule has 3 atom stereocenters. The number of hydrogen-bond acceptors (Lipinski definition) is 5. The third-order valence-electron chi connectivity index (χ3n) is 7.04. The molecular weight excluding hydrogens is 456 g/mol. The van der Waals surface area contributed by atoms with Gasteiger partial charge in [0.2, 0.25) is 5.88 Å². The average Bonchev–Trinajstić information content (AvgIpc) is 3.62. The number of nitrogens with one attached hydrogen (secondary N) is 3. The van der Waals surface area contributed by atoms with Crippen LogP contribution in [0.5, 0.6) is 0 Å². The van der Waals surface area contributed by atoms with Crippen LogP contribution in [0.25, 0.3) is 0 Å². The van der Waals surface area contributed by atoms with Gasteiger partial charge in [-0.25, -0.2) is 4.79 Å². The predicted molar refractivity (Wildman–Crippen MR) is 143 cm³/mol. The van der Waals surface area contributed by atoms with Crippen LogP contribution >= 0.6 is 0 Å². The highest BCUT2D eigenvalue weighted by molar-refractivity contribution is 6.18. The molecule has 2 saturated carbocycles. The minimum atomic E-state index is -0.679. The lowest BCUT2D eigenvalue weighted by Crippen LogP contribution is -2.46. The van der Waals surface area contributed by atoms with Gasteiger partial charge in [-0.15, -0.1) is 0 Å². The smallest absolute Gasteiger partial charge is 0.407 e. The summed E-state index contributed by atoms with van der Waals surface area (Å²) in [5, 5.41) is 15.2. The van der Waals surface area contributed by atoms with Gasteiger partial charge in [0.15, 0.2) is 11.3 Å². The van der Waals surface area contributed by atoms with Gasteiger partial charge in [-0.2, -0.15) is 0 Å². The number of methoxy groups -OCH3 is 1. The molecule has 0 bridgehead atoms.